The summed E-state index contributed by atoms with van der Waals surface area (Å²) in [5.41, 5.74) is 1.48. The highest BCUT2D eigenvalue weighted by molar-refractivity contribution is 6.01. The van der Waals surface area contributed by atoms with Gasteiger partial charge >= 0.3 is 0 Å². The summed E-state index contributed by atoms with van der Waals surface area (Å²) >= 11 is 0. The fraction of sp³-hybridized carbons (Fsp3) is 0.421. The van der Waals surface area contributed by atoms with Gasteiger partial charge in [0.1, 0.15) is 17.4 Å². The average Bonchev–Trinajstić information content (AvgIpc) is 2.92. The number of aromatic nitrogens is 1. The molecule has 1 aromatic carbocycles. The van der Waals surface area contributed by atoms with Crippen LogP contribution in [-0.4, -0.2) is 58.1 Å². The lowest BCUT2D eigenvalue weighted by Gasteiger charge is -2.21. The van der Waals surface area contributed by atoms with Gasteiger partial charge in [-0.2, -0.15) is 0 Å². The molecule has 26 heavy (non-hydrogen) atoms. The van der Waals surface area contributed by atoms with Gasteiger partial charge in [-0.25, -0.2) is 0 Å². The fourth-order valence-electron chi connectivity index (χ4n) is 3.18. The van der Waals surface area contributed by atoms with Crippen LogP contribution in [0.3, 0.4) is 0 Å². The van der Waals surface area contributed by atoms with Crippen molar-refractivity contribution >= 4 is 11.8 Å². The molecule has 1 saturated heterocycles. The Hall–Kier alpha value is -2.67. The number of amides is 2. The summed E-state index contributed by atoms with van der Waals surface area (Å²) in [6.07, 6.45) is -0.235. The molecule has 1 aliphatic heterocycles. The standard InChI is InChI=1S/C19H23N3O4/c1-13(23)18-16(17(20-26-18)15-7-4-3-5-8-15)19(25)22-10-6-9-21(11-12-22)14(2)24/h3-5,7-8,13,23H,6,9-12H2,1-2H3/t13-/m0/s1. The Labute approximate surface area is 152 Å². The van der Waals surface area contributed by atoms with Crippen molar-refractivity contribution in [3.8, 4) is 11.3 Å². The molecule has 2 amide bonds. The summed E-state index contributed by atoms with van der Waals surface area (Å²) in [6.45, 7) is 5.20. The van der Waals surface area contributed by atoms with E-state index in [0.717, 1.165) is 5.56 Å². The minimum atomic E-state index is -0.945. The van der Waals surface area contributed by atoms with Gasteiger partial charge in [-0.05, 0) is 13.3 Å². The number of carbonyl (C=O) groups excluding carboxylic acids is 2. The van der Waals surface area contributed by atoms with Crippen LogP contribution in [-0.2, 0) is 4.79 Å². The van der Waals surface area contributed by atoms with Crippen LogP contribution in [0.15, 0.2) is 34.9 Å². The van der Waals surface area contributed by atoms with Gasteiger partial charge in [-0.3, -0.25) is 9.59 Å². The first-order valence-corrected chi connectivity index (χ1v) is 8.77. The number of benzene rings is 1. The third kappa shape index (κ3) is 3.62. The maximum atomic E-state index is 13.2. The molecule has 0 bridgehead atoms. The maximum absolute atomic E-state index is 13.2. The molecule has 138 valence electrons. The quantitative estimate of drug-likeness (QED) is 0.909. The summed E-state index contributed by atoms with van der Waals surface area (Å²) in [4.78, 5) is 28.3. The molecule has 2 aromatic rings. The first-order valence-electron chi connectivity index (χ1n) is 8.77. The third-order valence-corrected chi connectivity index (χ3v) is 4.59. The topological polar surface area (TPSA) is 86.9 Å². The summed E-state index contributed by atoms with van der Waals surface area (Å²) < 4.78 is 5.30. The number of nitrogens with zero attached hydrogens (tertiary/aromatic N) is 3. The Bertz CT molecular complexity index is 785. The highest BCUT2D eigenvalue weighted by Gasteiger charge is 2.31. The maximum Gasteiger partial charge on any atom is 0.259 e. The molecule has 0 saturated carbocycles. The second-order valence-corrected chi connectivity index (χ2v) is 6.46. The zero-order valence-electron chi connectivity index (χ0n) is 15.0. The Morgan fingerprint density at radius 1 is 1.12 bits per heavy atom. The van der Waals surface area contributed by atoms with E-state index in [1.54, 1.807) is 16.7 Å². The van der Waals surface area contributed by atoms with Crippen molar-refractivity contribution in [3.63, 3.8) is 0 Å². The Morgan fingerprint density at radius 2 is 1.77 bits per heavy atom. The molecule has 1 atom stereocenters. The number of rotatable bonds is 3. The number of hydrogen-bond donors (Lipinski definition) is 1. The van der Waals surface area contributed by atoms with Crippen LogP contribution in [0, 0.1) is 0 Å². The highest BCUT2D eigenvalue weighted by Crippen LogP contribution is 2.30. The average molecular weight is 357 g/mol. The van der Waals surface area contributed by atoms with Crippen molar-refractivity contribution in [2.45, 2.75) is 26.4 Å². The highest BCUT2D eigenvalue weighted by atomic mass is 16.5. The van der Waals surface area contributed by atoms with Crippen molar-refractivity contribution in [2.24, 2.45) is 0 Å². The SMILES string of the molecule is CC(=O)N1CCCN(C(=O)c2c(-c3ccccc3)noc2[C@H](C)O)CC1. The van der Waals surface area contributed by atoms with Crippen molar-refractivity contribution in [2.75, 3.05) is 26.2 Å². The van der Waals surface area contributed by atoms with E-state index in [0.29, 0.717) is 43.9 Å². The van der Waals surface area contributed by atoms with Crippen molar-refractivity contribution in [3.05, 3.63) is 41.7 Å². The molecule has 0 aliphatic carbocycles. The molecule has 7 nitrogen and oxygen atoms in total. The molecule has 0 unspecified atom stereocenters. The lowest BCUT2D eigenvalue weighted by Crippen LogP contribution is -2.37. The third-order valence-electron chi connectivity index (χ3n) is 4.59. The van der Waals surface area contributed by atoms with E-state index in [1.165, 1.54) is 6.92 Å². The van der Waals surface area contributed by atoms with E-state index < -0.39 is 6.10 Å². The number of aliphatic hydroxyl groups excluding tert-OH is 1. The lowest BCUT2D eigenvalue weighted by atomic mass is 10.0. The van der Waals surface area contributed by atoms with Gasteiger partial charge in [0.05, 0.1) is 0 Å². The van der Waals surface area contributed by atoms with Gasteiger partial charge in [0.25, 0.3) is 5.91 Å². The predicted molar refractivity (Wildman–Crippen MR) is 95.3 cm³/mol. The van der Waals surface area contributed by atoms with Crippen LogP contribution in [0.5, 0.6) is 0 Å². The van der Waals surface area contributed by atoms with Gasteiger partial charge in [0.2, 0.25) is 5.91 Å². The predicted octanol–water partition coefficient (Wildman–Crippen LogP) is 2.09. The molecule has 7 heteroatoms. The molecule has 1 aromatic heterocycles. The van der Waals surface area contributed by atoms with E-state index in [1.807, 2.05) is 30.3 Å². The normalized spacial score (nSPS) is 16.3. The summed E-state index contributed by atoms with van der Waals surface area (Å²) in [5.74, 6) is -0.0492. The van der Waals surface area contributed by atoms with Crippen LogP contribution < -0.4 is 0 Å². The number of carbonyl (C=O) groups is 2. The summed E-state index contributed by atoms with van der Waals surface area (Å²) in [5, 5.41) is 14.1. The van der Waals surface area contributed by atoms with Gasteiger partial charge in [0.15, 0.2) is 5.76 Å². The van der Waals surface area contributed by atoms with Crippen LogP contribution in [0.2, 0.25) is 0 Å². The van der Waals surface area contributed by atoms with Crippen molar-refractivity contribution in [1.29, 1.82) is 0 Å². The number of aliphatic hydroxyl groups is 1. The largest absolute Gasteiger partial charge is 0.385 e. The minimum absolute atomic E-state index is 0.0129. The monoisotopic (exact) mass is 357 g/mol. The molecular weight excluding hydrogens is 334 g/mol. The molecule has 0 radical (unpaired) electrons. The minimum Gasteiger partial charge on any atom is -0.385 e. The molecule has 1 N–H and O–H groups in total. The van der Waals surface area contributed by atoms with E-state index in [4.69, 9.17) is 4.52 Å². The van der Waals surface area contributed by atoms with Crippen LogP contribution in [0.1, 0.15) is 42.5 Å². The summed E-state index contributed by atoms with van der Waals surface area (Å²) in [6, 6.07) is 9.29. The Morgan fingerprint density at radius 3 is 2.42 bits per heavy atom. The first-order chi connectivity index (χ1) is 12.5. The lowest BCUT2D eigenvalue weighted by molar-refractivity contribution is -0.128. The van der Waals surface area contributed by atoms with Crippen molar-refractivity contribution < 1.29 is 19.2 Å². The van der Waals surface area contributed by atoms with Crippen LogP contribution >= 0.6 is 0 Å². The van der Waals surface area contributed by atoms with Crippen molar-refractivity contribution in [1.82, 2.24) is 15.0 Å². The van der Waals surface area contributed by atoms with Gasteiger partial charge in [0, 0.05) is 38.7 Å². The van der Waals surface area contributed by atoms with Gasteiger partial charge < -0.3 is 19.4 Å². The van der Waals surface area contributed by atoms with Crippen LogP contribution in [0.25, 0.3) is 11.3 Å². The molecule has 1 aliphatic rings. The zero-order valence-corrected chi connectivity index (χ0v) is 15.0. The van der Waals surface area contributed by atoms with E-state index in [2.05, 4.69) is 5.16 Å². The van der Waals surface area contributed by atoms with Gasteiger partial charge in [-0.15, -0.1) is 0 Å². The second kappa shape index (κ2) is 7.70. The van der Waals surface area contributed by atoms with E-state index >= 15 is 0 Å². The first kappa shape index (κ1) is 18.1. The Balaban J connectivity index is 1.93. The van der Waals surface area contributed by atoms with E-state index in [9.17, 15) is 14.7 Å². The Kier molecular flexibility index (Phi) is 5.37. The van der Waals surface area contributed by atoms with Gasteiger partial charge in [-0.1, -0.05) is 35.5 Å². The number of hydrogen-bond acceptors (Lipinski definition) is 5. The molecule has 2 heterocycles. The zero-order chi connectivity index (χ0) is 18.7. The second-order valence-electron chi connectivity index (χ2n) is 6.46. The smallest absolute Gasteiger partial charge is 0.259 e. The van der Waals surface area contributed by atoms with Crippen LogP contribution in [0.4, 0.5) is 0 Å². The molecule has 3 rings (SSSR count). The molecular formula is C19H23N3O4. The van der Waals surface area contributed by atoms with E-state index in [-0.39, 0.29) is 17.6 Å². The molecule has 1 fully saturated rings. The molecule has 0 spiro atoms. The summed E-state index contributed by atoms with van der Waals surface area (Å²) in [7, 11) is 0. The fourth-order valence-corrected chi connectivity index (χ4v) is 3.18.